The van der Waals surface area contributed by atoms with Crippen LogP contribution in [0.1, 0.15) is 40.0 Å². The second-order valence-electron chi connectivity index (χ2n) is 8.17. The highest BCUT2D eigenvalue weighted by Crippen LogP contribution is 2.31. The summed E-state index contributed by atoms with van der Waals surface area (Å²) in [6.45, 7) is 9.35. The summed E-state index contributed by atoms with van der Waals surface area (Å²) in [6.07, 6.45) is 3.44. The van der Waals surface area contributed by atoms with Gasteiger partial charge in [0.2, 0.25) is 0 Å². The lowest BCUT2D eigenvalue weighted by molar-refractivity contribution is 0.315. The molecule has 2 aliphatic heterocycles. The maximum atomic E-state index is 11.6. The summed E-state index contributed by atoms with van der Waals surface area (Å²) in [5.74, 6) is 2.23. The molecule has 8 heteroatoms. The smallest absolute Gasteiger partial charge is 0.191 e. The number of likely N-dealkylation sites (tertiary alicyclic amines) is 1. The van der Waals surface area contributed by atoms with Crippen LogP contribution in [0.4, 0.5) is 0 Å². The number of aliphatic imine (C=N–C) groups is 1. The molecule has 0 spiro atoms. The second-order valence-corrected chi connectivity index (χ2v) is 10.4. The highest BCUT2D eigenvalue weighted by atomic mass is 127. The number of nitrogens with zero attached hydrogens (tertiary/aromatic N) is 2. The number of sulfone groups is 1. The van der Waals surface area contributed by atoms with E-state index in [9.17, 15) is 8.42 Å². The van der Waals surface area contributed by atoms with Crippen LogP contribution < -0.4 is 10.6 Å². The predicted molar refractivity (Wildman–Crippen MR) is 113 cm³/mol. The van der Waals surface area contributed by atoms with Crippen LogP contribution >= 0.6 is 24.0 Å². The van der Waals surface area contributed by atoms with E-state index in [1.807, 2.05) is 0 Å². The maximum Gasteiger partial charge on any atom is 0.191 e. The SMILES string of the molecule is CC(C)NC(=NCC1CCS(=O)(=O)C1)NC1CN(C2CC2)CC1C.I. The van der Waals surface area contributed by atoms with Crippen LogP contribution in [0.3, 0.4) is 0 Å². The lowest BCUT2D eigenvalue weighted by Gasteiger charge is -2.22. The Balaban J connectivity index is 0.00000225. The molecule has 3 fully saturated rings. The topological polar surface area (TPSA) is 73.8 Å². The van der Waals surface area contributed by atoms with E-state index in [0.29, 0.717) is 36.1 Å². The molecule has 3 aliphatic rings. The fraction of sp³-hybridized carbons (Fsp3) is 0.941. The molecule has 0 radical (unpaired) electrons. The molecule has 0 aromatic carbocycles. The summed E-state index contributed by atoms with van der Waals surface area (Å²) in [4.78, 5) is 7.30. The van der Waals surface area contributed by atoms with Crippen molar-refractivity contribution in [2.24, 2.45) is 16.8 Å². The molecular weight excluding hydrogens is 451 g/mol. The summed E-state index contributed by atoms with van der Waals surface area (Å²) < 4.78 is 23.2. The van der Waals surface area contributed by atoms with Gasteiger partial charge in [0.25, 0.3) is 0 Å². The zero-order valence-electron chi connectivity index (χ0n) is 15.6. The Bertz CT molecular complexity index is 577. The van der Waals surface area contributed by atoms with E-state index in [4.69, 9.17) is 4.99 Å². The first-order valence-electron chi connectivity index (χ1n) is 9.34. The molecule has 2 N–H and O–H groups in total. The normalized spacial score (nSPS) is 32.6. The average Bonchev–Trinajstić information content (AvgIpc) is 3.19. The molecule has 0 amide bonds. The van der Waals surface area contributed by atoms with Gasteiger partial charge in [-0.15, -0.1) is 24.0 Å². The quantitative estimate of drug-likeness (QED) is 0.351. The van der Waals surface area contributed by atoms with E-state index in [1.165, 1.54) is 12.8 Å². The Morgan fingerprint density at radius 1 is 1.24 bits per heavy atom. The summed E-state index contributed by atoms with van der Waals surface area (Å²) >= 11 is 0. The van der Waals surface area contributed by atoms with E-state index < -0.39 is 9.84 Å². The van der Waals surface area contributed by atoms with Crippen molar-refractivity contribution in [3.05, 3.63) is 0 Å². The van der Waals surface area contributed by atoms with E-state index in [1.54, 1.807) is 0 Å². The van der Waals surface area contributed by atoms with E-state index >= 15 is 0 Å². The highest BCUT2D eigenvalue weighted by Gasteiger charge is 2.38. The fourth-order valence-electron chi connectivity index (χ4n) is 3.75. The van der Waals surface area contributed by atoms with Crippen LogP contribution in [-0.4, -0.2) is 68.5 Å². The molecule has 0 aromatic rings. The van der Waals surface area contributed by atoms with Crippen molar-refractivity contribution < 1.29 is 8.42 Å². The zero-order valence-corrected chi connectivity index (χ0v) is 18.7. The third-order valence-electron chi connectivity index (χ3n) is 5.29. The van der Waals surface area contributed by atoms with Gasteiger partial charge in [0.1, 0.15) is 0 Å². The van der Waals surface area contributed by atoms with Gasteiger partial charge in [-0.2, -0.15) is 0 Å². The van der Waals surface area contributed by atoms with E-state index in [-0.39, 0.29) is 29.9 Å². The molecule has 0 aromatic heterocycles. The van der Waals surface area contributed by atoms with Crippen molar-refractivity contribution in [3.63, 3.8) is 0 Å². The van der Waals surface area contributed by atoms with E-state index in [0.717, 1.165) is 31.5 Å². The third kappa shape index (κ3) is 6.23. The van der Waals surface area contributed by atoms with Gasteiger partial charge in [0, 0.05) is 37.8 Å². The van der Waals surface area contributed by atoms with Crippen LogP contribution in [0.15, 0.2) is 4.99 Å². The van der Waals surface area contributed by atoms with Crippen LogP contribution in [0, 0.1) is 11.8 Å². The number of halogens is 1. The van der Waals surface area contributed by atoms with Gasteiger partial charge in [0.15, 0.2) is 15.8 Å². The molecule has 3 atom stereocenters. The first-order valence-corrected chi connectivity index (χ1v) is 11.2. The molecule has 2 heterocycles. The molecule has 2 saturated heterocycles. The lowest BCUT2D eigenvalue weighted by Crippen LogP contribution is -2.48. The monoisotopic (exact) mass is 484 g/mol. The van der Waals surface area contributed by atoms with Crippen LogP contribution in [0.5, 0.6) is 0 Å². The number of guanidine groups is 1. The largest absolute Gasteiger partial charge is 0.354 e. The van der Waals surface area contributed by atoms with Crippen molar-refractivity contribution in [2.75, 3.05) is 31.1 Å². The Morgan fingerprint density at radius 2 is 1.96 bits per heavy atom. The number of hydrogen-bond acceptors (Lipinski definition) is 4. The van der Waals surface area contributed by atoms with Gasteiger partial charge in [-0.05, 0) is 44.9 Å². The van der Waals surface area contributed by atoms with Gasteiger partial charge < -0.3 is 10.6 Å². The Morgan fingerprint density at radius 3 is 2.52 bits per heavy atom. The Kier molecular flexibility index (Phi) is 7.41. The van der Waals surface area contributed by atoms with Crippen molar-refractivity contribution in [1.82, 2.24) is 15.5 Å². The van der Waals surface area contributed by atoms with Gasteiger partial charge in [-0.3, -0.25) is 9.89 Å². The van der Waals surface area contributed by atoms with Crippen LogP contribution in [0.2, 0.25) is 0 Å². The lowest BCUT2D eigenvalue weighted by atomic mass is 10.1. The number of rotatable bonds is 5. The summed E-state index contributed by atoms with van der Waals surface area (Å²) in [5, 5.41) is 7.00. The average molecular weight is 484 g/mol. The molecule has 1 saturated carbocycles. The fourth-order valence-corrected chi connectivity index (χ4v) is 5.60. The second kappa shape index (κ2) is 8.73. The van der Waals surface area contributed by atoms with Gasteiger partial charge in [0.05, 0.1) is 11.5 Å². The summed E-state index contributed by atoms with van der Waals surface area (Å²) in [5.41, 5.74) is 0. The molecule has 25 heavy (non-hydrogen) atoms. The molecule has 3 rings (SSSR count). The maximum absolute atomic E-state index is 11.6. The minimum Gasteiger partial charge on any atom is -0.354 e. The summed E-state index contributed by atoms with van der Waals surface area (Å²) in [6, 6.07) is 1.53. The van der Waals surface area contributed by atoms with Crippen molar-refractivity contribution in [1.29, 1.82) is 0 Å². The highest BCUT2D eigenvalue weighted by molar-refractivity contribution is 14.0. The third-order valence-corrected chi connectivity index (χ3v) is 7.12. The van der Waals surface area contributed by atoms with Gasteiger partial charge in [-0.1, -0.05) is 6.92 Å². The summed E-state index contributed by atoms with van der Waals surface area (Å²) in [7, 11) is -2.82. The van der Waals surface area contributed by atoms with Gasteiger partial charge in [-0.25, -0.2) is 8.42 Å². The van der Waals surface area contributed by atoms with Crippen LogP contribution in [0.25, 0.3) is 0 Å². The number of nitrogens with one attached hydrogen (secondary N) is 2. The molecule has 0 bridgehead atoms. The molecular formula is C17H33IN4O2S. The Labute approximate surface area is 169 Å². The van der Waals surface area contributed by atoms with Crippen LogP contribution in [-0.2, 0) is 9.84 Å². The molecule has 6 nitrogen and oxygen atoms in total. The zero-order chi connectivity index (χ0) is 17.3. The van der Waals surface area contributed by atoms with Gasteiger partial charge >= 0.3 is 0 Å². The van der Waals surface area contributed by atoms with Crippen molar-refractivity contribution in [2.45, 2.75) is 58.2 Å². The minimum atomic E-state index is -2.82. The predicted octanol–water partition coefficient (Wildman–Crippen LogP) is 1.47. The standard InChI is InChI=1S/C17H32N4O2S.HI/c1-12(2)19-17(18-8-14-6-7-24(22,23)11-14)20-16-10-21(9-13(16)3)15-4-5-15;/h12-16H,4-11H2,1-3H3,(H2,18,19,20);1H. The first kappa shape index (κ1) is 21.2. The first-order chi connectivity index (χ1) is 11.3. The molecule has 146 valence electrons. The van der Waals surface area contributed by atoms with Crippen molar-refractivity contribution in [3.8, 4) is 0 Å². The van der Waals surface area contributed by atoms with Crippen molar-refractivity contribution >= 4 is 39.8 Å². The number of hydrogen-bond donors (Lipinski definition) is 2. The molecule has 1 aliphatic carbocycles. The Hall–Kier alpha value is -0.0900. The van der Waals surface area contributed by atoms with E-state index in [2.05, 4.69) is 36.3 Å². The molecule has 3 unspecified atom stereocenters. The minimum absolute atomic E-state index is 0.